The topological polar surface area (TPSA) is 101 Å². The fraction of sp³-hybridized carbons (Fsp3) is 0.294. The van der Waals surface area contributed by atoms with Gasteiger partial charge >= 0.3 is 0 Å². The van der Waals surface area contributed by atoms with Gasteiger partial charge in [0.15, 0.2) is 0 Å². The van der Waals surface area contributed by atoms with E-state index < -0.39 is 16.9 Å². The van der Waals surface area contributed by atoms with E-state index in [1.807, 2.05) is 53.4 Å². The van der Waals surface area contributed by atoms with Crippen molar-refractivity contribution in [2.24, 2.45) is 0 Å². The number of aliphatic hydroxyl groups is 1. The highest BCUT2D eigenvalue weighted by atomic mass is 35.5. The van der Waals surface area contributed by atoms with E-state index in [2.05, 4.69) is 20.6 Å². The number of ether oxygens (including phenoxy) is 1. The number of nitrogens with zero attached hydrogens (tertiary/aromatic N) is 3. The third-order valence-electron chi connectivity index (χ3n) is 7.89. The number of fused-ring (bicyclic) bond motifs is 1. The Morgan fingerprint density at radius 3 is 2.84 bits per heavy atom. The maximum atomic E-state index is 13.7. The van der Waals surface area contributed by atoms with E-state index in [0.29, 0.717) is 42.1 Å². The molecule has 1 atom stereocenters. The lowest BCUT2D eigenvalue weighted by molar-refractivity contribution is 0.146. The average Bonchev–Trinajstić information content (AvgIpc) is 3.40. The predicted molar refractivity (Wildman–Crippen MR) is 179 cm³/mol. The van der Waals surface area contributed by atoms with Crippen LogP contribution in [-0.4, -0.2) is 60.7 Å². The Bertz CT molecular complexity index is 1780. The SMILES string of the molecule is O=S1CCC(NCC(O)Cn2ccc(-c3ccc4ncnc(Nc5ccc(OCC6=CC(F)=CC=CC6)c(Cl)c5)c4c3)c2)CC1. The van der Waals surface area contributed by atoms with Crippen LogP contribution in [0.3, 0.4) is 0 Å². The Labute approximate surface area is 269 Å². The van der Waals surface area contributed by atoms with Crippen molar-refractivity contribution < 1.29 is 18.4 Å². The zero-order valence-electron chi connectivity index (χ0n) is 24.7. The number of rotatable bonds is 11. The van der Waals surface area contributed by atoms with E-state index in [4.69, 9.17) is 16.3 Å². The summed E-state index contributed by atoms with van der Waals surface area (Å²) in [6, 6.07) is 13.8. The lowest BCUT2D eigenvalue weighted by Gasteiger charge is -2.24. The minimum atomic E-state index is -0.690. The quantitative estimate of drug-likeness (QED) is 0.171. The molecule has 0 spiro atoms. The van der Waals surface area contributed by atoms with Crippen LogP contribution < -0.4 is 15.4 Å². The highest BCUT2D eigenvalue weighted by Gasteiger charge is 2.18. The van der Waals surface area contributed by atoms with Crippen molar-refractivity contribution in [1.82, 2.24) is 19.9 Å². The molecule has 2 aromatic carbocycles. The van der Waals surface area contributed by atoms with Crippen molar-refractivity contribution in [1.29, 1.82) is 0 Å². The zero-order valence-corrected chi connectivity index (χ0v) is 26.2. The monoisotopic (exact) mass is 647 g/mol. The van der Waals surface area contributed by atoms with E-state index in [9.17, 15) is 13.7 Å². The van der Waals surface area contributed by atoms with Crippen molar-refractivity contribution in [3.8, 4) is 16.9 Å². The number of allylic oxidation sites excluding steroid dienone is 5. The molecule has 0 radical (unpaired) electrons. The fourth-order valence-electron chi connectivity index (χ4n) is 5.45. The molecule has 45 heavy (non-hydrogen) atoms. The Morgan fingerprint density at radius 1 is 1.13 bits per heavy atom. The third kappa shape index (κ3) is 8.26. The first kappa shape index (κ1) is 31.2. The first-order valence-corrected chi connectivity index (χ1v) is 16.8. The number of aliphatic hydroxyl groups excluding tert-OH is 1. The third-order valence-corrected chi connectivity index (χ3v) is 9.57. The van der Waals surface area contributed by atoms with E-state index in [-0.39, 0.29) is 12.4 Å². The van der Waals surface area contributed by atoms with Crippen LogP contribution in [0.5, 0.6) is 5.75 Å². The largest absolute Gasteiger partial charge is 0.488 e. The summed E-state index contributed by atoms with van der Waals surface area (Å²) in [6.45, 7) is 1.20. The van der Waals surface area contributed by atoms with Crippen molar-refractivity contribution in [2.45, 2.75) is 38.0 Å². The molecule has 0 amide bonds. The number of benzene rings is 2. The maximum Gasteiger partial charge on any atom is 0.141 e. The molecule has 1 fully saturated rings. The van der Waals surface area contributed by atoms with Gasteiger partial charge < -0.3 is 25.0 Å². The van der Waals surface area contributed by atoms with Crippen LogP contribution in [0.4, 0.5) is 15.9 Å². The first-order valence-electron chi connectivity index (χ1n) is 15.0. The Kier molecular flexibility index (Phi) is 10.0. The molecule has 2 aliphatic rings. The van der Waals surface area contributed by atoms with E-state index in [0.717, 1.165) is 57.6 Å². The summed E-state index contributed by atoms with van der Waals surface area (Å²) in [5.74, 6) is 2.31. The summed E-state index contributed by atoms with van der Waals surface area (Å²) in [6.07, 6.45) is 13.9. The summed E-state index contributed by atoms with van der Waals surface area (Å²) < 4.78 is 33.2. The van der Waals surface area contributed by atoms with E-state index in [1.165, 1.54) is 18.5 Å². The lowest BCUT2D eigenvalue weighted by Crippen LogP contribution is -2.40. The second-order valence-corrected chi connectivity index (χ2v) is 13.4. The molecule has 234 valence electrons. The highest BCUT2D eigenvalue weighted by Crippen LogP contribution is 2.32. The minimum absolute atomic E-state index is 0.236. The number of anilines is 2. The molecule has 3 N–H and O–H groups in total. The molecule has 1 saturated heterocycles. The first-order chi connectivity index (χ1) is 21.9. The van der Waals surface area contributed by atoms with Gasteiger partial charge in [0.25, 0.3) is 0 Å². The molecule has 2 aromatic heterocycles. The van der Waals surface area contributed by atoms with Crippen LogP contribution in [0.1, 0.15) is 19.3 Å². The molecule has 3 heterocycles. The number of nitrogens with one attached hydrogen (secondary N) is 2. The van der Waals surface area contributed by atoms with Crippen LogP contribution in [0.2, 0.25) is 5.02 Å². The molecule has 1 aliphatic carbocycles. The van der Waals surface area contributed by atoms with E-state index in [1.54, 1.807) is 18.2 Å². The second-order valence-electron chi connectivity index (χ2n) is 11.3. The second kappa shape index (κ2) is 14.5. The summed E-state index contributed by atoms with van der Waals surface area (Å²) >= 11 is 6.55. The van der Waals surface area contributed by atoms with Crippen molar-refractivity contribution >= 4 is 44.8 Å². The van der Waals surface area contributed by atoms with Crippen molar-refractivity contribution in [3.63, 3.8) is 0 Å². The average molecular weight is 648 g/mol. The molecule has 1 unspecified atom stereocenters. The van der Waals surface area contributed by atoms with Crippen LogP contribution in [0.15, 0.2) is 96.9 Å². The summed E-state index contributed by atoms with van der Waals surface area (Å²) in [5.41, 5.74) is 4.36. The summed E-state index contributed by atoms with van der Waals surface area (Å²) in [5, 5.41) is 18.7. The highest BCUT2D eigenvalue weighted by molar-refractivity contribution is 7.85. The molecular weight excluding hydrogens is 613 g/mol. The molecule has 8 nitrogen and oxygen atoms in total. The maximum absolute atomic E-state index is 13.7. The van der Waals surface area contributed by atoms with Gasteiger partial charge in [-0.2, -0.15) is 0 Å². The normalized spacial score (nSPS) is 19.1. The molecule has 11 heteroatoms. The van der Waals surface area contributed by atoms with Crippen LogP contribution in [0, 0.1) is 0 Å². The number of hydrogen-bond donors (Lipinski definition) is 3. The van der Waals surface area contributed by atoms with Gasteiger partial charge in [-0.15, -0.1) is 0 Å². The van der Waals surface area contributed by atoms with Crippen molar-refractivity contribution in [3.05, 3.63) is 102 Å². The lowest BCUT2D eigenvalue weighted by atomic mass is 10.1. The smallest absolute Gasteiger partial charge is 0.141 e. The van der Waals surface area contributed by atoms with Gasteiger partial charge in [-0.25, -0.2) is 14.4 Å². The Hall–Kier alpha value is -3.83. The van der Waals surface area contributed by atoms with Crippen LogP contribution in [-0.2, 0) is 17.3 Å². The Morgan fingerprint density at radius 2 is 2.00 bits per heavy atom. The number of halogens is 2. The molecule has 0 bridgehead atoms. The Balaban J connectivity index is 1.10. The van der Waals surface area contributed by atoms with E-state index >= 15 is 0 Å². The number of aromatic nitrogens is 3. The number of hydrogen-bond acceptors (Lipinski definition) is 7. The van der Waals surface area contributed by atoms with Crippen LogP contribution >= 0.6 is 11.6 Å². The molecule has 4 aromatic rings. The van der Waals surface area contributed by atoms with Crippen LogP contribution in [0.25, 0.3) is 22.0 Å². The van der Waals surface area contributed by atoms with Gasteiger partial charge in [0.05, 0.1) is 16.6 Å². The molecule has 1 aliphatic heterocycles. The van der Waals surface area contributed by atoms with Gasteiger partial charge in [0.1, 0.15) is 30.3 Å². The van der Waals surface area contributed by atoms with Crippen molar-refractivity contribution in [2.75, 3.05) is 30.0 Å². The van der Waals surface area contributed by atoms with Gasteiger partial charge in [0.2, 0.25) is 0 Å². The minimum Gasteiger partial charge on any atom is -0.488 e. The van der Waals surface area contributed by atoms with Gasteiger partial charge in [-0.3, -0.25) is 4.21 Å². The van der Waals surface area contributed by atoms with Gasteiger partial charge in [-0.1, -0.05) is 29.8 Å². The zero-order chi connectivity index (χ0) is 31.2. The van der Waals surface area contributed by atoms with Gasteiger partial charge in [-0.05, 0) is 84.5 Å². The summed E-state index contributed by atoms with van der Waals surface area (Å²) in [7, 11) is -0.690. The fourth-order valence-corrected chi connectivity index (χ4v) is 6.99. The molecule has 6 rings (SSSR count). The molecule has 0 saturated carbocycles. The van der Waals surface area contributed by atoms with Gasteiger partial charge in [0, 0.05) is 64.9 Å². The summed E-state index contributed by atoms with van der Waals surface area (Å²) in [4.78, 5) is 8.94. The standard InChI is InChI=1S/C34H35ClFN5O3S/c35-31-17-28(6-8-33(31)44-21-23-3-1-2-4-26(36)15-23)40-34-30-16-24(5-7-32(30)38-22-39-34)25-9-12-41(19-25)20-29(42)18-37-27-10-13-45(43)14-11-27/h1-2,4-9,12,15-17,19,22,27,29,37,42H,3,10-11,13-14,18,20-21H2,(H,38,39,40). The predicted octanol–water partition coefficient (Wildman–Crippen LogP) is 6.48. The molecular formula is C34H35ClFN5O3S.